The Kier molecular flexibility index (Phi) is 11.2. The number of allylic oxidation sites excluding steroid dienone is 18. The molecule has 0 aromatic rings. The molecule has 0 N–H and O–H groups in total. The maximum Gasteiger partial charge on any atom is -0.0345 e. The Balaban J connectivity index is 2.56. The first-order valence-corrected chi connectivity index (χ1v) is 7.48. The first-order valence-electron chi connectivity index (χ1n) is 7.48. The van der Waals surface area contributed by atoms with Crippen molar-refractivity contribution in [1.82, 2.24) is 0 Å². The SMILES string of the molecule is C1=CC=CC=CC=CC=CCCCC=CC=CC=CC=C1. The minimum absolute atomic E-state index is 1.12. The van der Waals surface area contributed by atoms with Gasteiger partial charge < -0.3 is 0 Å². The summed E-state index contributed by atoms with van der Waals surface area (Å²) in [6.07, 6.45) is 40.5. The van der Waals surface area contributed by atoms with E-state index >= 15 is 0 Å². The summed E-state index contributed by atoms with van der Waals surface area (Å²) in [5.41, 5.74) is 0. The largest absolute Gasteiger partial charge is 0.0845 e. The van der Waals surface area contributed by atoms with E-state index in [0.29, 0.717) is 0 Å². The van der Waals surface area contributed by atoms with Crippen molar-refractivity contribution in [3.05, 3.63) is 109 Å². The van der Waals surface area contributed by atoms with E-state index in [1.807, 2.05) is 72.9 Å². The maximum atomic E-state index is 2.21. The number of rotatable bonds is 0. The van der Waals surface area contributed by atoms with Gasteiger partial charge in [0.05, 0.1) is 0 Å². The van der Waals surface area contributed by atoms with E-state index in [4.69, 9.17) is 0 Å². The minimum atomic E-state index is 1.12. The predicted molar refractivity (Wildman–Crippen MR) is 96.1 cm³/mol. The number of hydrogen-bond acceptors (Lipinski definition) is 0. The van der Waals surface area contributed by atoms with E-state index in [1.165, 1.54) is 6.42 Å². The molecule has 0 aromatic carbocycles. The highest BCUT2D eigenvalue weighted by atomic mass is 13.8. The lowest BCUT2D eigenvalue weighted by Gasteiger charge is -1.88. The van der Waals surface area contributed by atoms with Crippen LogP contribution in [0.1, 0.15) is 19.3 Å². The Labute approximate surface area is 129 Å². The molecule has 0 unspecified atom stereocenters. The molecule has 1 aliphatic carbocycles. The van der Waals surface area contributed by atoms with Crippen LogP contribution >= 0.6 is 0 Å². The molecule has 1 rings (SSSR count). The van der Waals surface area contributed by atoms with Crippen LogP contribution in [0.15, 0.2) is 109 Å². The van der Waals surface area contributed by atoms with Crippen LogP contribution < -0.4 is 0 Å². The van der Waals surface area contributed by atoms with E-state index in [2.05, 4.69) is 36.5 Å². The Morgan fingerprint density at radius 1 is 0.286 bits per heavy atom. The summed E-state index contributed by atoms with van der Waals surface area (Å²) < 4.78 is 0. The molecule has 0 radical (unpaired) electrons. The molecule has 0 aliphatic heterocycles. The topological polar surface area (TPSA) is 0 Å². The molecule has 0 heteroatoms. The van der Waals surface area contributed by atoms with Crippen molar-refractivity contribution in [3.8, 4) is 0 Å². The van der Waals surface area contributed by atoms with Gasteiger partial charge in [-0.05, 0) is 19.3 Å². The molecule has 0 aromatic heterocycles. The summed E-state index contributed by atoms with van der Waals surface area (Å²) in [5.74, 6) is 0. The zero-order chi connectivity index (χ0) is 14.8. The summed E-state index contributed by atoms with van der Waals surface area (Å²) >= 11 is 0. The molecule has 0 spiro atoms. The van der Waals surface area contributed by atoms with Crippen LogP contribution in [-0.4, -0.2) is 0 Å². The molecule has 0 saturated heterocycles. The Morgan fingerprint density at radius 3 is 0.810 bits per heavy atom. The van der Waals surface area contributed by atoms with E-state index in [9.17, 15) is 0 Å². The standard InChI is InChI=1S/C21H24/c1-2-4-6-8-10-12-14-16-18-20-21-19-17-15-13-11-9-7-5-3-1/h1-18H,19-21H2. The second kappa shape index (κ2) is 14.1. The first kappa shape index (κ1) is 16.7. The lowest BCUT2D eigenvalue weighted by Crippen LogP contribution is -1.68. The quantitative estimate of drug-likeness (QED) is 0.496. The van der Waals surface area contributed by atoms with Gasteiger partial charge in [0, 0.05) is 0 Å². The van der Waals surface area contributed by atoms with Gasteiger partial charge in [-0.3, -0.25) is 0 Å². The summed E-state index contributed by atoms with van der Waals surface area (Å²) in [4.78, 5) is 0. The molecular formula is C21H24. The van der Waals surface area contributed by atoms with Crippen molar-refractivity contribution >= 4 is 0 Å². The Morgan fingerprint density at radius 2 is 0.524 bits per heavy atom. The molecule has 0 saturated carbocycles. The average Bonchev–Trinajstić information content (AvgIpc) is 2.50. The van der Waals surface area contributed by atoms with Crippen LogP contribution in [-0.2, 0) is 0 Å². The van der Waals surface area contributed by atoms with E-state index in [-0.39, 0.29) is 0 Å². The lowest BCUT2D eigenvalue weighted by atomic mass is 10.2. The monoisotopic (exact) mass is 276 g/mol. The van der Waals surface area contributed by atoms with Crippen LogP contribution in [0, 0.1) is 0 Å². The first-order chi connectivity index (χ1) is 10.5. The van der Waals surface area contributed by atoms with Gasteiger partial charge in [0.25, 0.3) is 0 Å². The second-order valence-corrected chi connectivity index (χ2v) is 4.48. The van der Waals surface area contributed by atoms with Crippen LogP contribution in [0.3, 0.4) is 0 Å². The minimum Gasteiger partial charge on any atom is -0.0845 e. The average molecular weight is 276 g/mol. The highest BCUT2D eigenvalue weighted by Crippen LogP contribution is 1.98. The molecular weight excluding hydrogens is 252 g/mol. The van der Waals surface area contributed by atoms with Crippen molar-refractivity contribution in [2.24, 2.45) is 0 Å². The highest BCUT2D eigenvalue weighted by molar-refractivity contribution is 5.21. The number of hydrogen-bond donors (Lipinski definition) is 0. The molecule has 0 fully saturated rings. The summed E-state index contributed by atoms with van der Waals surface area (Å²) in [6.45, 7) is 0. The van der Waals surface area contributed by atoms with Gasteiger partial charge >= 0.3 is 0 Å². The van der Waals surface area contributed by atoms with E-state index in [1.54, 1.807) is 0 Å². The zero-order valence-electron chi connectivity index (χ0n) is 12.5. The fourth-order valence-electron chi connectivity index (χ4n) is 1.60. The van der Waals surface area contributed by atoms with Gasteiger partial charge in [-0.1, -0.05) is 109 Å². The molecule has 0 bridgehead atoms. The normalized spacial score (nSPS) is 17.1. The van der Waals surface area contributed by atoms with Crippen molar-refractivity contribution in [2.45, 2.75) is 19.3 Å². The smallest absolute Gasteiger partial charge is 0.0345 e. The van der Waals surface area contributed by atoms with Gasteiger partial charge in [0.2, 0.25) is 0 Å². The van der Waals surface area contributed by atoms with Gasteiger partial charge in [0.1, 0.15) is 0 Å². The second-order valence-electron chi connectivity index (χ2n) is 4.48. The molecule has 21 heavy (non-hydrogen) atoms. The third kappa shape index (κ3) is 12.4. The summed E-state index contributed by atoms with van der Waals surface area (Å²) in [5, 5.41) is 0. The fourth-order valence-corrected chi connectivity index (χ4v) is 1.60. The van der Waals surface area contributed by atoms with Crippen molar-refractivity contribution < 1.29 is 0 Å². The van der Waals surface area contributed by atoms with Crippen molar-refractivity contribution in [2.75, 3.05) is 0 Å². The van der Waals surface area contributed by atoms with Gasteiger partial charge in [-0.2, -0.15) is 0 Å². The fraction of sp³-hybridized carbons (Fsp3) is 0.143. The molecule has 108 valence electrons. The zero-order valence-corrected chi connectivity index (χ0v) is 12.5. The Hall–Kier alpha value is -2.34. The van der Waals surface area contributed by atoms with Gasteiger partial charge in [-0.25, -0.2) is 0 Å². The summed E-state index contributed by atoms with van der Waals surface area (Å²) in [7, 11) is 0. The van der Waals surface area contributed by atoms with Crippen LogP contribution in [0.4, 0.5) is 0 Å². The van der Waals surface area contributed by atoms with Crippen molar-refractivity contribution in [1.29, 1.82) is 0 Å². The molecule has 0 heterocycles. The van der Waals surface area contributed by atoms with E-state index < -0.39 is 0 Å². The van der Waals surface area contributed by atoms with Crippen LogP contribution in [0.2, 0.25) is 0 Å². The van der Waals surface area contributed by atoms with Crippen LogP contribution in [0.25, 0.3) is 0 Å². The van der Waals surface area contributed by atoms with Gasteiger partial charge in [0.15, 0.2) is 0 Å². The molecule has 0 nitrogen and oxygen atoms in total. The van der Waals surface area contributed by atoms with Gasteiger partial charge in [-0.15, -0.1) is 0 Å². The molecule has 0 amide bonds. The van der Waals surface area contributed by atoms with E-state index in [0.717, 1.165) is 12.8 Å². The maximum absolute atomic E-state index is 2.21. The Bertz CT molecular complexity index is 454. The molecule has 1 aliphatic rings. The predicted octanol–water partition coefficient (Wildman–Crippen LogP) is 6.18. The highest BCUT2D eigenvalue weighted by Gasteiger charge is 1.78. The third-order valence-corrected chi connectivity index (χ3v) is 2.68. The lowest BCUT2D eigenvalue weighted by molar-refractivity contribution is 0.868. The molecule has 0 atom stereocenters. The van der Waals surface area contributed by atoms with Crippen LogP contribution in [0.5, 0.6) is 0 Å². The third-order valence-electron chi connectivity index (χ3n) is 2.68. The summed E-state index contributed by atoms with van der Waals surface area (Å²) in [6, 6.07) is 0. The van der Waals surface area contributed by atoms with Crippen molar-refractivity contribution in [3.63, 3.8) is 0 Å².